The predicted octanol–water partition coefficient (Wildman–Crippen LogP) is 2.63. The molecule has 0 aliphatic heterocycles. The normalized spacial score (nSPS) is 12.5. The van der Waals surface area contributed by atoms with Crippen molar-refractivity contribution in [1.29, 1.82) is 0 Å². The van der Waals surface area contributed by atoms with Crippen molar-refractivity contribution in [3.8, 4) is 0 Å². The van der Waals surface area contributed by atoms with Crippen molar-refractivity contribution >= 4 is 17.7 Å². The molecule has 0 radical (unpaired) electrons. The van der Waals surface area contributed by atoms with Crippen molar-refractivity contribution in [2.45, 2.75) is 37.8 Å². The quantitative estimate of drug-likeness (QED) is 0.635. The van der Waals surface area contributed by atoms with Crippen molar-refractivity contribution in [2.75, 3.05) is 12.9 Å². The largest absolute Gasteiger partial charge is 0.468 e. The zero-order valence-corrected chi connectivity index (χ0v) is 12.2. The molecule has 1 aromatic rings. The van der Waals surface area contributed by atoms with Gasteiger partial charge in [0, 0.05) is 16.7 Å². The van der Waals surface area contributed by atoms with E-state index in [-0.39, 0.29) is 18.1 Å². The van der Waals surface area contributed by atoms with Crippen LogP contribution >= 0.6 is 11.8 Å². The topological polar surface area (TPSA) is 38.3 Å². The zero-order valence-electron chi connectivity index (χ0n) is 11.4. The van der Waals surface area contributed by atoms with Crippen LogP contribution in [0, 0.1) is 6.92 Å². The average Bonchev–Trinajstić information content (AvgIpc) is 2.34. The molecule has 0 fully saturated rings. The minimum atomic E-state index is -0.264. The third kappa shape index (κ3) is 4.70. The minimum absolute atomic E-state index is 0.204. The third-order valence-electron chi connectivity index (χ3n) is 2.52. The first-order chi connectivity index (χ1) is 8.54. The van der Waals surface area contributed by atoms with Gasteiger partial charge >= 0.3 is 5.97 Å². The summed E-state index contributed by atoms with van der Waals surface area (Å²) in [5.74, 6) is 0.472. The standard InChI is InChI=1S/C14H21NO2S/c1-10(2)15-12(14(16)17-4)9-18-13-8-6-5-7-11(13)3/h5-8,10,12,15H,9H2,1-4H3. The molecule has 100 valence electrons. The van der Waals surface area contributed by atoms with E-state index in [2.05, 4.69) is 24.4 Å². The predicted molar refractivity (Wildman–Crippen MR) is 76.0 cm³/mol. The fourth-order valence-electron chi connectivity index (χ4n) is 1.62. The molecule has 1 atom stereocenters. The van der Waals surface area contributed by atoms with Gasteiger partial charge in [0.15, 0.2) is 0 Å². The molecule has 4 heteroatoms. The summed E-state index contributed by atoms with van der Waals surface area (Å²) in [6.07, 6.45) is 0. The summed E-state index contributed by atoms with van der Waals surface area (Å²) in [6.45, 7) is 6.12. The molecule has 1 rings (SSSR count). The Balaban J connectivity index is 2.62. The van der Waals surface area contributed by atoms with E-state index in [0.29, 0.717) is 5.75 Å². The maximum absolute atomic E-state index is 11.7. The molecule has 1 aromatic carbocycles. The van der Waals surface area contributed by atoms with Gasteiger partial charge in [0.1, 0.15) is 6.04 Å². The van der Waals surface area contributed by atoms with E-state index >= 15 is 0 Å². The van der Waals surface area contributed by atoms with Gasteiger partial charge in [-0.1, -0.05) is 32.0 Å². The molecule has 1 unspecified atom stereocenters. The summed E-state index contributed by atoms with van der Waals surface area (Å²) < 4.78 is 4.82. The number of rotatable bonds is 6. The van der Waals surface area contributed by atoms with Gasteiger partial charge in [-0.05, 0) is 18.6 Å². The van der Waals surface area contributed by atoms with E-state index in [4.69, 9.17) is 4.74 Å². The van der Waals surface area contributed by atoms with Gasteiger partial charge in [-0.2, -0.15) is 0 Å². The molecule has 0 aliphatic carbocycles. The first-order valence-electron chi connectivity index (χ1n) is 6.07. The van der Waals surface area contributed by atoms with Crippen LogP contribution in [0.1, 0.15) is 19.4 Å². The molecule has 0 saturated heterocycles. The van der Waals surface area contributed by atoms with E-state index in [1.165, 1.54) is 17.6 Å². The Morgan fingerprint density at radius 2 is 2.06 bits per heavy atom. The number of methoxy groups -OCH3 is 1. The van der Waals surface area contributed by atoms with Gasteiger partial charge in [-0.25, -0.2) is 0 Å². The lowest BCUT2D eigenvalue weighted by Crippen LogP contribution is -2.43. The average molecular weight is 267 g/mol. The Labute approximate surface area is 113 Å². The molecule has 0 heterocycles. The first-order valence-corrected chi connectivity index (χ1v) is 7.05. The van der Waals surface area contributed by atoms with Crippen molar-refractivity contribution in [1.82, 2.24) is 5.32 Å². The van der Waals surface area contributed by atoms with Crippen LogP contribution in [0.2, 0.25) is 0 Å². The van der Waals surface area contributed by atoms with E-state index in [0.717, 1.165) is 0 Å². The fourth-order valence-corrected chi connectivity index (χ4v) is 2.67. The monoisotopic (exact) mass is 267 g/mol. The number of aryl methyl sites for hydroxylation is 1. The van der Waals surface area contributed by atoms with Crippen molar-refractivity contribution in [3.05, 3.63) is 29.8 Å². The number of nitrogens with one attached hydrogen (secondary N) is 1. The maximum Gasteiger partial charge on any atom is 0.323 e. The number of benzene rings is 1. The molecule has 0 bridgehead atoms. The van der Waals surface area contributed by atoms with Gasteiger partial charge in [-0.15, -0.1) is 11.8 Å². The highest BCUT2D eigenvalue weighted by Gasteiger charge is 2.20. The smallest absolute Gasteiger partial charge is 0.323 e. The molecule has 0 amide bonds. The minimum Gasteiger partial charge on any atom is -0.468 e. The second-order valence-electron chi connectivity index (χ2n) is 4.47. The summed E-state index contributed by atoms with van der Waals surface area (Å²) in [6, 6.07) is 8.17. The first kappa shape index (κ1) is 15.1. The van der Waals surface area contributed by atoms with Crippen LogP contribution in [-0.2, 0) is 9.53 Å². The van der Waals surface area contributed by atoms with E-state index in [1.807, 2.05) is 26.0 Å². The molecular formula is C14H21NO2S. The molecule has 0 saturated carbocycles. The molecule has 0 aromatic heterocycles. The second kappa shape index (κ2) is 7.44. The number of hydrogen-bond acceptors (Lipinski definition) is 4. The van der Waals surface area contributed by atoms with Crippen LogP contribution in [0.25, 0.3) is 0 Å². The summed E-state index contributed by atoms with van der Waals surface area (Å²) in [5.41, 5.74) is 1.23. The van der Waals surface area contributed by atoms with Gasteiger partial charge in [0.25, 0.3) is 0 Å². The highest BCUT2D eigenvalue weighted by molar-refractivity contribution is 7.99. The van der Waals surface area contributed by atoms with Crippen LogP contribution in [-0.4, -0.2) is 30.9 Å². The van der Waals surface area contributed by atoms with Crippen LogP contribution in [0.5, 0.6) is 0 Å². The van der Waals surface area contributed by atoms with Crippen LogP contribution in [0.15, 0.2) is 29.2 Å². The second-order valence-corrected chi connectivity index (χ2v) is 5.54. The van der Waals surface area contributed by atoms with Crippen molar-refractivity contribution in [3.63, 3.8) is 0 Å². The summed E-state index contributed by atoms with van der Waals surface area (Å²) in [7, 11) is 1.43. The van der Waals surface area contributed by atoms with Gasteiger partial charge in [-0.3, -0.25) is 4.79 Å². The summed E-state index contributed by atoms with van der Waals surface area (Å²) >= 11 is 1.68. The Hall–Kier alpha value is -1.00. The Bertz CT molecular complexity index is 393. The molecule has 3 nitrogen and oxygen atoms in total. The number of esters is 1. The van der Waals surface area contributed by atoms with Crippen LogP contribution < -0.4 is 5.32 Å². The number of carbonyl (C=O) groups is 1. The molecular weight excluding hydrogens is 246 g/mol. The van der Waals surface area contributed by atoms with E-state index in [9.17, 15) is 4.79 Å². The number of thioether (sulfide) groups is 1. The molecule has 1 N–H and O–H groups in total. The fraction of sp³-hybridized carbons (Fsp3) is 0.500. The van der Waals surface area contributed by atoms with E-state index < -0.39 is 0 Å². The number of hydrogen-bond donors (Lipinski definition) is 1. The third-order valence-corrected chi connectivity index (χ3v) is 3.79. The highest BCUT2D eigenvalue weighted by Crippen LogP contribution is 2.22. The lowest BCUT2D eigenvalue weighted by Gasteiger charge is -2.19. The summed E-state index contributed by atoms with van der Waals surface area (Å²) in [4.78, 5) is 12.9. The molecule has 0 spiro atoms. The molecule has 18 heavy (non-hydrogen) atoms. The van der Waals surface area contributed by atoms with E-state index in [1.54, 1.807) is 11.8 Å². The Morgan fingerprint density at radius 3 is 2.61 bits per heavy atom. The van der Waals surface area contributed by atoms with Gasteiger partial charge < -0.3 is 10.1 Å². The zero-order chi connectivity index (χ0) is 13.5. The number of carbonyl (C=O) groups excluding carboxylic acids is 1. The lowest BCUT2D eigenvalue weighted by molar-refractivity contribution is -0.142. The van der Waals surface area contributed by atoms with Gasteiger partial charge in [0.2, 0.25) is 0 Å². The van der Waals surface area contributed by atoms with Crippen molar-refractivity contribution in [2.24, 2.45) is 0 Å². The lowest BCUT2D eigenvalue weighted by atomic mass is 10.2. The SMILES string of the molecule is COC(=O)C(CSc1ccccc1C)NC(C)C. The van der Waals surface area contributed by atoms with Gasteiger partial charge in [0.05, 0.1) is 7.11 Å². The number of ether oxygens (including phenoxy) is 1. The maximum atomic E-state index is 11.7. The Morgan fingerprint density at radius 1 is 1.39 bits per heavy atom. The van der Waals surface area contributed by atoms with Crippen LogP contribution in [0.3, 0.4) is 0 Å². The van der Waals surface area contributed by atoms with Crippen molar-refractivity contribution < 1.29 is 9.53 Å². The highest BCUT2D eigenvalue weighted by atomic mass is 32.2. The summed E-state index contributed by atoms with van der Waals surface area (Å²) in [5, 5.41) is 3.22. The molecule has 0 aliphatic rings. The van der Waals surface area contributed by atoms with Crippen LogP contribution in [0.4, 0.5) is 0 Å². The Kier molecular flexibility index (Phi) is 6.22.